The molecule has 0 radical (unpaired) electrons. The molecule has 9 heteroatoms. The molecule has 3 heterocycles. The number of rotatable bonds is 8. The Morgan fingerprint density at radius 1 is 1.21 bits per heavy atom. The van der Waals surface area contributed by atoms with Gasteiger partial charge in [-0.15, -0.1) is 0 Å². The topological polar surface area (TPSA) is 90.2 Å². The summed E-state index contributed by atoms with van der Waals surface area (Å²) < 4.78 is 18.9. The van der Waals surface area contributed by atoms with E-state index in [-0.39, 0.29) is 6.10 Å². The molecule has 1 saturated heterocycles. The van der Waals surface area contributed by atoms with Crippen LogP contribution >= 0.6 is 0 Å². The van der Waals surface area contributed by atoms with Crippen LogP contribution < -0.4 is 10.1 Å². The maximum atomic E-state index is 12.4. The average molecular weight is 536 g/mol. The van der Waals surface area contributed by atoms with Crippen LogP contribution in [0.3, 0.4) is 0 Å². The first kappa shape index (κ1) is 27.4. The third-order valence-corrected chi connectivity index (χ3v) is 8.10. The summed E-state index contributed by atoms with van der Waals surface area (Å²) in [7, 11) is 1.60. The fourth-order valence-electron chi connectivity index (χ4n) is 6.08. The summed E-state index contributed by atoms with van der Waals surface area (Å²) in [6.07, 6.45) is 9.63. The van der Waals surface area contributed by atoms with E-state index in [0.717, 1.165) is 80.3 Å². The smallest absolute Gasteiger partial charge is 0.412 e. The largest absolute Gasteiger partial charge is 0.495 e. The summed E-state index contributed by atoms with van der Waals surface area (Å²) in [5.74, 6) is 2.05. The van der Waals surface area contributed by atoms with Crippen molar-refractivity contribution in [3.63, 3.8) is 0 Å². The monoisotopic (exact) mass is 535 g/mol. The van der Waals surface area contributed by atoms with Crippen molar-refractivity contribution in [1.29, 1.82) is 0 Å². The second kappa shape index (κ2) is 12.3. The Labute approximate surface area is 230 Å². The fourth-order valence-corrected chi connectivity index (χ4v) is 6.08. The molecule has 0 spiro atoms. The first-order valence-corrected chi connectivity index (χ1v) is 14.3. The van der Waals surface area contributed by atoms with E-state index in [4.69, 9.17) is 19.2 Å². The van der Waals surface area contributed by atoms with Crippen molar-refractivity contribution in [3.05, 3.63) is 42.1 Å². The maximum Gasteiger partial charge on any atom is 0.412 e. The van der Waals surface area contributed by atoms with Gasteiger partial charge in [-0.2, -0.15) is 0 Å². The van der Waals surface area contributed by atoms with Crippen LogP contribution in [-0.4, -0.2) is 70.9 Å². The van der Waals surface area contributed by atoms with Crippen LogP contribution in [0, 0.1) is 6.92 Å². The number of aryl methyl sites for hydroxylation is 1. The van der Waals surface area contributed by atoms with Gasteiger partial charge in [0.25, 0.3) is 0 Å². The molecule has 2 aromatic heterocycles. The predicted molar refractivity (Wildman–Crippen MR) is 152 cm³/mol. The number of nitrogens with one attached hydrogen (secondary N) is 1. The third kappa shape index (κ3) is 6.04. The van der Waals surface area contributed by atoms with Crippen molar-refractivity contribution >= 4 is 17.3 Å². The number of nitrogens with zero attached hydrogens (tertiary/aromatic N) is 4. The standard InChI is InChI=1S/C30H41N5O4/c1-5-6-20(2)39-30(36)32-25-12-9-23(19-26(25)37-4)27-28-21(3)31-13-14-35(28)29(33-27)22-7-10-24(11-8-22)34-15-17-38-18-16-34/h9,12-14,19-20,22,24H,5-8,10-11,15-18H2,1-4H3,(H,32,36). The number of aromatic nitrogens is 3. The number of hydrogen-bond donors (Lipinski definition) is 1. The van der Waals surface area contributed by atoms with E-state index < -0.39 is 6.09 Å². The van der Waals surface area contributed by atoms with Crippen LogP contribution in [0.15, 0.2) is 30.6 Å². The molecule has 1 aliphatic heterocycles. The van der Waals surface area contributed by atoms with Crippen molar-refractivity contribution < 1.29 is 19.0 Å². The molecular formula is C30H41N5O4. The van der Waals surface area contributed by atoms with Crippen molar-refractivity contribution in [2.75, 3.05) is 38.7 Å². The molecule has 2 aliphatic rings. The summed E-state index contributed by atoms with van der Waals surface area (Å²) in [4.78, 5) is 24.8. The molecule has 1 aromatic carbocycles. The van der Waals surface area contributed by atoms with Crippen molar-refractivity contribution in [2.24, 2.45) is 0 Å². The summed E-state index contributed by atoms with van der Waals surface area (Å²) in [6.45, 7) is 9.77. The van der Waals surface area contributed by atoms with Gasteiger partial charge < -0.3 is 14.2 Å². The SMILES string of the molecule is CCCC(C)OC(=O)Nc1ccc(-c2nc(C3CCC(N4CCOCC4)CC3)n3ccnc(C)c23)cc1OC. The molecule has 1 N–H and O–H groups in total. The molecule has 1 saturated carbocycles. The van der Waals surface area contributed by atoms with Gasteiger partial charge in [0.15, 0.2) is 0 Å². The average Bonchev–Trinajstić information content (AvgIpc) is 3.35. The number of methoxy groups -OCH3 is 1. The lowest BCUT2D eigenvalue weighted by Gasteiger charge is -2.38. The minimum Gasteiger partial charge on any atom is -0.495 e. The van der Waals surface area contributed by atoms with E-state index in [0.29, 0.717) is 23.4 Å². The number of morpholine rings is 1. The van der Waals surface area contributed by atoms with E-state index >= 15 is 0 Å². The van der Waals surface area contributed by atoms with Gasteiger partial charge in [0.2, 0.25) is 0 Å². The van der Waals surface area contributed by atoms with Crippen LogP contribution in [0.25, 0.3) is 16.8 Å². The van der Waals surface area contributed by atoms with Crippen LogP contribution in [0.5, 0.6) is 5.75 Å². The second-order valence-electron chi connectivity index (χ2n) is 10.7. The lowest BCUT2D eigenvalue weighted by Crippen LogP contribution is -2.44. The van der Waals surface area contributed by atoms with Gasteiger partial charge in [0, 0.05) is 43.0 Å². The predicted octanol–water partition coefficient (Wildman–Crippen LogP) is 5.81. The zero-order chi connectivity index (χ0) is 27.4. The number of imidazole rings is 1. The van der Waals surface area contributed by atoms with Gasteiger partial charge in [-0.1, -0.05) is 19.4 Å². The molecule has 1 atom stereocenters. The number of carbonyl (C=O) groups is 1. The normalized spacial score (nSPS) is 21.0. The van der Waals surface area contributed by atoms with Crippen molar-refractivity contribution in [2.45, 2.75) is 77.4 Å². The van der Waals surface area contributed by atoms with Crippen LogP contribution in [0.2, 0.25) is 0 Å². The Bertz CT molecular complexity index is 1280. The number of fused-ring (bicyclic) bond motifs is 1. The molecule has 210 valence electrons. The molecule has 1 aliphatic carbocycles. The minimum atomic E-state index is -0.482. The number of ether oxygens (including phenoxy) is 3. The molecule has 1 amide bonds. The molecule has 39 heavy (non-hydrogen) atoms. The first-order chi connectivity index (χ1) is 19.0. The van der Waals surface area contributed by atoms with E-state index in [1.54, 1.807) is 7.11 Å². The zero-order valence-electron chi connectivity index (χ0n) is 23.6. The Morgan fingerprint density at radius 3 is 2.69 bits per heavy atom. The zero-order valence-corrected chi connectivity index (χ0v) is 23.6. The van der Waals surface area contributed by atoms with E-state index in [1.807, 2.05) is 44.4 Å². The Hall–Kier alpha value is -3.17. The molecule has 3 aromatic rings. The highest BCUT2D eigenvalue weighted by Gasteiger charge is 2.30. The highest BCUT2D eigenvalue weighted by atomic mass is 16.6. The number of amides is 1. The fraction of sp³-hybridized carbons (Fsp3) is 0.567. The van der Waals surface area contributed by atoms with E-state index in [2.05, 4.69) is 26.5 Å². The number of carbonyl (C=O) groups excluding carboxylic acids is 1. The molecule has 9 nitrogen and oxygen atoms in total. The van der Waals surface area contributed by atoms with Gasteiger partial charge in [0.1, 0.15) is 17.7 Å². The molecule has 2 fully saturated rings. The van der Waals surface area contributed by atoms with Gasteiger partial charge in [-0.05, 0) is 58.1 Å². The summed E-state index contributed by atoms with van der Waals surface area (Å²) in [5.41, 5.74) is 4.32. The van der Waals surface area contributed by atoms with E-state index in [1.165, 1.54) is 12.8 Å². The Kier molecular flexibility index (Phi) is 8.67. The Morgan fingerprint density at radius 2 is 1.97 bits per heavy atom. The number of hydrogen-bond acceptors (Lipinski definition) is 7. The molecule has 0 bridgehead atoms. The molecular weight excluding hydrogens is 494 g/mol. The molecule has 5 rings (SSSR count). The van der Waals surface area contributed by atoms with Gasteiger partial charge in [-0.25, -0.2) is 9.78 Å². The van der Waals surface area contributed by atoms with Crippen molar-refractivity contribution in [3.8, 4) is 17.0 Å². The highest BCUT2D eigenvalue weighted by Crippen LogP contribution is 2.39. The van der Waals surface area contributed by atoms with Crippen LogP contribution in [-0.2, 0) is 9.47 Å². The third-order valence-electron chi connectivity index (χ3n) is 8.10. The van der Waals surface area contributed by atoms with Crippen molar-refractivity contribution in [1.82, 2.24) is 19.3 Å². The van der Waals surface area contributed by atoms with Gasteiger partial charge in [-0.3, -0.25) is 19.6 Å². The van der Waals surface area contributed by atoms with Crippen LogP contribution in [0.4, 0.5) is 10.5 Å². The lowest BCUT2D eigenvalue weighted by molar-refractivity contribution is 0.00710. The lowest BCUT2D eigenvalue weighted by atomic mass is 9.84. The first-order valence-electron chi connectivity index (χ1n) is 14.3. The van der Waals surface area contributed by atoms with Crippen LogP contribution in [0.1, 0.15) is 69.8 Å². The maximum absolute atomic E-state index is 12.4. The Balaban J connectivity index is 1.39. The summed E-state index contributed by atoms with van der Waals surface area (Å²) in [6, 6.07) is 6.39. The van der Waals surface area contributed by atoms with Gasteiger partial charge in [0.05, 0.1) is 42.9 Å². The molecule has 1 unspecified atom stereocenters. The highest BCUT2D eigenvalue weighted by molar-refractivity contribution is 5.89. The summed E-state index contributed by atoms with van der Waals surface area (Å²) in [5, 5.41) is 2.83. The van der Waals surface area contributed by atoms with Gasteiger partial charge >= 0.3 is 6.09 Å². The summed E-state index contributed by atoms with van der Waals surface area (Å²) >= 11 is 0. The number of benzene rings is 1. The van der Waals surface area contributed by atoms with E-state index in [9.17, 15) is 4.79 Å². The quantitative estimate of drug-likeness (QED) is 0.389. The minimum absolute atomic E-state index is 0.144. The second-order valence-corrected chi connectivity index (χ2v) is 10.7. The number of anilines is 1.